The zero-order valence-electron chi connectivity index (χ0n) is 23.4. The van der Waals surface area contributed by atoms with E-state index in [1.54, 1.807) is 37.3 Å². The van der Waals surface area contributed by atoms with Gasteiger partial charge < -0.3 is 14.0 Å². The number of nitrogens with one attached hydrogen (secondary N) is 1. The summed E-state index contributed by atoms with van der Waals surface area (Å²) in [6, 6.07) is 24.7. The summed E-state index contributed by atoms with van der Waals surface area (Å²) in [6.45, 7) is 6.23. The van der Waals surface area contributed by atoms with Gasteiger partial charge in [-0.15, -0.1) is 0 Å². The maximum atomic E-state index is 13.5. The molecule has 4 amide bonds. The van der Waals surface area contributed by atoms with Crippen molar-refractivity contribution in [3.8, 4) is 23.3 Å². The van der Waals surface area contributed by atoms with E-state index in [-0.39, 0.29) is 17.9 Å². The number of imide groups is 2. The maximum absolute atomic E-state index is 13.5. The lowest BCUT2D eigenvalue weighted by atomic mass is 10.1. The molecule has 1 aliphatic rings. The van der Waals surface area contributed by atoms with Crippen molar-refractivity contribution in [2.45, 2.75) is 27.4 Å². The second-order valence-electron chi connectivity index (χ2n) is 9.57. The molecule has 0 radical (unpaired) electrons. The fourth-order valence-electron chi connectivity index (χ4n) is 4.89. The standard InChI is InChI=1S/C33H28N4O5/c1-4-41-30-12-8-7-11-29(30)37-32(39)28(31(38)35-33(37)40)18-25-17-21(2)36(22(25)3)26-13-15-27(16-14-26)42-20-24-10-6-5-9-23(24)19-34/h5-18H,4,20H2,1-3H3,(H,35,38,40)/b28-18+. The molecule has 42 heavy (non-hydrogen) atoms. The van der Waals surface area contributed by atoms with Gasteiger partial charge in [0.15, 0.2) is 0 Å². The molecule has 0 saturated carbocycles. The Hall–Kier alpha value is -5.62. The molecule has 9 nitrogen and oxygen atoms in total. The molecule has 0 atom stereocenters. The van der Waals surface area contributed by atoms with Gasteiger partial charge in [0.25, 0.3) is 11.8 Å². The number of benzene rings is 3. The molecule has 4 aromatic rings. The monoisotopic (exact) mass is 560 g/mol. The van der Waals surface area contributed by atoms with Crippen molar-refractivity contribution >= 4 is 29.6 Å². The third-order valence-corrected chi connectivity index (χ3v) is 6.90. The molecule has 9 heteroatoms. The Labute approximate surface area is 243 Å². The molecule has 2 heterocycles. The zero-order valence-corrected chi connectivity index (χ0v) is 23.4. The number of barbiturate groups is 1. The highest BCUT2D eigenvalue weighted by Crippen LogP contribution is 2.32. The highest BCUT2D eigenvalue weighted by atomic mass is 16.5. The molecule has 0 spiro atoms. The Morgan fingerprint density at radius 2 is 1.64 bits per heavy atom. The third-order valence-electron chi connectivity index (χ3n) is 6.90. The summed E-state index contributed by atoms with van der Waals surface area (Å²) in [6.07, 6.45) is 1.50. The van der Waals surface area contributed by atoms with Crippen LogP contribution in [0.1, 0.15) is 35.0 Å². The van der Waals surface area contributed by atoms with Gasteiger partial charge in [0.2, 0.25) is 0 Å². The number of para-hydroxylation sites is 2. The van der Waals surface area contributed by atoms with Crippen LogP contribution in [0.25, 0.3) is 11.8 Å². The number of urea groups is 1. The topological polar surface area (TPSA) is 114 Å². The zero-order chi connectivity index (χ0) is 29.8. The molecule has 0 bridgehead atoms. The van der Waals surface area contributed by atoms with Crippen molar-refractivity contribution in [3.63, 3.8) is 0 Å². The van der Waals surface area contributed by atoms with E-state index in [2.05, 4.69) is 11.4 Å². The molecule has 1 saturated heterocycles. The Kier molecular flexibility index (Phi) is 7.89. The number of hydrogen-bond acceptors (Lipinski definition) is 6. The van der Waals surface area contributed by atoms with Crippen molar-refractivity contribution in [3.05, 3.63) is 113 Å². The van der Waals surface area contributed by atoms with Crippen LogP contribution in [-0.2, 0) is 16.2 Å². The largest absolute Gasteiger partial charge is 0.492 e. The minimum absolute atomic E-state index is 0.164. The first-order valence-corrected chi connectivity index (χ1v) is 13.4. The summed E-state index contributed by atoms with van der Waals surface area (Å²) in [5.74, 6) is -0.491. The van der Waals surface area contributed by atoms with E-state index in [0.717, 1.165) is 27.5 Å². The first-order valence-electron chi connectivity index (χ1n) is 13.4. The number of carbonyl (C=O) groups is 3. The number of ether oxygens (including phenoxy) is 2. The SMILES string of the molecule is CCOc1ccccc1N1C(=O)NC(=O)/C(=C\c2cc(C)n(-c3ccc(OCc4ccccc4C#N)cc3)c2C)C1=O. The van der Waals surface area contributed by atoms with E-state index in [4.69, 9.17) is 9.47 Å². The molecule has 1 fully saturated rings. The van der Waals surface area contributed by atoms with Crippen LogP contribution in [0.5, 0.6) is 11.5 Å². The molecular weight excluding hydrogens is 532 g/mol. The molecule has 5 rings (SSSR count). The Bertz CT molecular complexity index is 1760. The van der Waals surface area contributed by atoms with E-state index in [0.29, 0.717) is 29.2 Å². The lowest BCUT2D eigenvalue weighted by Gasteiger charge is -2.27. The Balaban J connectivity index is 1.41. The second-order valence-corrected chi connectivity index (χ2v) is 9.57. The molecule has 210 valence electrons. The summed E-state index contributed by atoms with van der Waals surface area (Å²) in [4.78, 5) is 40.0. The highest BCUT2D eigenvalue weighted by molar-refractivity contribution is 6.39. The average Bonchev–Trinajstić information content (AvgIpc) is 3.27. The first-order chi connectivity index (χ1) is 20.3. The average molecular weight is 561 g/mol. The summed E-state index contributed by atoms with van der Waals surface area (Å²) in [5, 5.41) is 11.6. The van der Waals surface area contributed by atoms with Crippen LogP contribution in [-0.4, -0.2) is 29.0 Å². The molecule has 1 aliphatic heterocycles. The predicted octanol–water partition coefficient (Wildman–Crippen LogP) is 5.61. The molecule has 1 N–H and O–H groups in total. The van der Waals surface area contributed by atoms with E-state index >= 15 is 0 Å². The van der Waals surface area contributed by atoms with E-state index in [1.807, 2.05) is 66.9 Å². The normalized spacial score (nSPS) is 14.1. The van der Waals surface area contributed by atoms with E-state index < -0.39 is 17.8 Å². The lowest BCUT2D eigenvalue weighted by molar-refractivity contribution is -0.122. The Morgan fingerprint density at radius 3 is 2.38 bits per heavy atom. The fourth-order valence-corrected chi connectivity index (χ4v) is 4.89. The van der Waals surface area contributed by atoms with Gasteiger partial charge in [-0.2, -0.15) is 5.26 Å². The number of anilines is 1. The molecule has 0 aliphatic carbocycles. The van der Waals surface area contributed by atoms with Crippen LogP contribution in [0.15, 0.2) is 84.4 Å². The Morgan fingerprint density at radius 1 is 0.929 bits per heavy atom. The molecule has 0 unspecified atom stereocenters. The number of nitriles is 1. The third kappa shape index (κ3) is 5.38. The number of aromatic nitrogens is 1. The van der Waals surface area contributed by atoms with Gasteiger partial charge in [-0.1, -0.05) is 30.3 Å². The summed E-state index contributed by atoms with van der Waals surface area (Å²) < 4.78 is 13.5. The van der Waals surface area contributed by atoms with Crippen LogP contribution in [0.4, 0.5) is 10.5 Å². The maximum Gasteiger partial charge on any atom is 0.336 e. The van der Waals surface area contributed by atoms with Crippen LogP contribution in [0.3, 0.4) is 0 Å². The summed E-state index contributed by atoms with van der Waals surface area (Å²) in [7, 11) is 0. The van der Waals surface area contributed by atoms with Crippen molar-refractivity contribution in [1.82, 2.24) is 9.88 Å². The van der Waals surface area contributed by atoms with Gasteiger partial charge >= 0.3 is 6.03 Å². The number of rotatable bonds is 8. The summed E-state index contributed by atoms with van der Waals surface area (Å²) >= 11 is 0. The van der Waals surface area contributed by atoms with Gasteiger partial charge in [0, 0.05) is 22.6 Å². The van der Waals surface area contributed by atoms with Gasteiger partial charge in [0.05, 0.1) is 23.9 Å². The fraction of sp³-hybridized carbons (Fsp3) is 0.152. The number of aryl methyl sites for hydroxylation is 1. The number of nitrogens with zero attached hydrogens (tertiary/aromatic N) is 3. The van der Waals surface area contributed by atoms with Crippen molar-refractivity contribution in [1.29, 1.82) is 5.26 Å². The highest BCUT2D eigenvalue weighted by Gasteiger charge is 2.38. The van der Waals surface area contributed by atoms with Crippen molar-refractivity contribution < 1.29 is 23.9 Å². The van der Waals surface area contributed by atoms with Crippen molar-refractivity contribution in [2.24, 2.45) is 0 Å². The number of hydrogen-bond donors (Lipinski definition) is 1. The van der Waals surface area contributed by atoms with Gasteiger partial charge in [-0.05, 0) is 80.9 Å². The smallest absolute Gasteiger partial charge is 0.336 e. The van der Waals surface area contributed by atoms with E-state index in [1.165, 1.54) is 6.08 Å². The van der Waals surface area contributed by atoms with Crippen molar-refractivity contribution in [2.75, 3.05) is 11.5 Å². The second kappa shape index (κ2) is 11.9. The van der Waals surface area contributed by atoms with Gasteiger partial charge in [-0.25, -0.2) is 9.69 Å². The van der Waals surface area contributed by atoms with Crippen LogP contribution in [0.2, 0.25) is 0 Å². The quantitative estimate of drug-likeness (QED) is 0.221. The number of carbonyl (C=O) groups excluding carboxylic acids is 3. The van der Waals surface area contributed by atoms with Crippen LogP contribution < -0.4 is 19.7 Å². The van der Waals surface area contributed by atoms with Gasteiger partial charge in [0.1, 0.15) is 23.7 Å². The minimum Gasteiger partial charge on any atom is -0.492 e. The molecule has 1 aromatic heterocycles. The van der Waals surface area contributed by atoms with Gasteiger partial charge in [-0.3, -0.25) is 14.9 Å². The first kappa shape index (κ1) is 27.9. The summed E-state index contributed by atoms with van der Waals surface area (Å²) in [5.41, 5.74) is 4.68. The van der Waals surface area contributed by atoms with Crippen LogP contribution in [0, 0.1) is 25.2 Å². The number of amides is 4. The van der Waals surface area contributed by atoms with E-state index in [9.17, 15) is 19.6 Å². The molecular formula is C33H28N4O5. The predicted molar refractivity (Wildman–Crippen MR) is 157 cm³/mol. The van der Waals surface area contributed by atoms with Crippen LogP contribution >= 0.6 is 0 Å². The lowest BCUT2D eigenvalue weighted by Crippen LogP contribution is -2.54. The molecule has 3 aromatic carbocycles. The minimum atomic E-state index is -0.835.